The molecule has 0 saturated carbocycles. The third-order valence-corrected chi connectivity index (χ3v) is 4.50. The van der Waals surface area contributed by atoms with Gasteiger partial charge in [-0.25, -0.2) is 0 Å². The van der Waals surface area contributed by atoms with Crippen LogP contribution in [0.25, 0.3) is 6.08 Å². The highest BCUT2D eigenvalue weighted by atomic mass is 32.2. The summed E-state index contributed by atoms with van der Waals surface area (Å²) in [6, 6.07) is 3.72. The van der Waals surface area contributed by atoms with Gasteiger partial charge in [0.25, 0.3) is 5.91 Å². The Labute approximate surface area is 142 Å². The SMILES string of the molecule is CCCCN=C1S/C(=C/C=C/c2ccco2)C(=O)N1CCCC. The lowest BCUT2D eigenvalue weighted by Crippen LogP contribution is -2.30. The van der Waals surface area contributed by atoms with Crippen molar-refractivity contribution in [3.8, 4) is 0 Å². The van der Waals surface area contributed by atoms with E-state index in [4.69, 9.17) is 4.42 Å². The van der Waals surface area contributed by atoms with Crippen LogP contribution in [0.2, 0.25) is 0 Å². The zero-order valence-electron chi connectivity index (χ0n) is 13.8. The highest BCUT2D eigenvalue weighted by Gasteiger charge is 2.32. The second-order valence-corrected chi connectivity index (χ2v) is 6.34. The predicted octanol–water partition coefficient (Wildman–Crippen LogP) is 4.71. The summed E-state index contributed by atoms with van der Waals surface area (Å²) in [5, 5.41) is 0.842. The van der Waals surface area contributed by atoms with Gasteiger partial charge in [0, 0.05) is 13.1 Å². The maximum absolute atomic E-state index is 12.5. The highest BCUT2D eigenvalue weighted by Crippen LogP contribution is 2.31. The number of thioether (sulfide) groups is 1. The number of furan rings is 1. The number of hydrogen-bond donors (Lipinski definition) is 0. The van der Waals surface area contributed by atoms with E-state index in [9.17, 15) is 4.79 Å². The minimum Gasteiger partial charge on any atom is -0.465 e. The lowest BCUT2D eigenvalue weighted by Gasteiger charge is -2.14. The number of carbonyl (C=O) groups excluding carboxylic acids is 1. The Morgan fingerprint density at radius 1 is 1.30 bits per heavy atom. The number of allylic oxidation sites excluding steroid dienone is 2. The molecule has 1 amide bonds. The summed E-state index contributed by atoms with van der Waals surface area (Å²) < 4.78 is 5.24. The summed E-state index contributed by atoms with van der Waals surface area (Å²) in [4.78, 5) is 19.7. The van der Waals surface area contributed by atoms with Crippen LogP contribution in [0.3, 0.4) is 0 Å². The molecular formula is C18H24N2O2S. The maximum atomic E-state index is 12.5. The van der Waals surface area contributed by atoms with Gasteiger partial charge in [-0.3, -0.25) is 14.7 Å². The van der Waals surface area contributed by atoms with Gasteiger partial charge in [-0.05, 0) is 48.9 Å². The fourth-order valence-corrected chi connectivity index (χ4v) is 3.08. The second kappa shape index (κ2) is 9.40. The van der Waals surface area contributed by atoms with Gasteiger partial charge >= 0.3 is 0 Å². The van der Waals surface area contributed by atoms with E-state index >= 15 is 0 Å². The average Bonchev–Trinajstić information content (AvgIpc) is 3.16. The first kappa shape index (κ1) is 17.6. The number of amides is 1. The van der Waals surface area contributed by atoms with Crippen LogP contribution in [-0.2, 0) is 4.79 Å². The number of hydrogen-bond acceptors (Lipinski definition) is 4. The molecule has 1 fully saturated rings. The third-order valence-electron chi connectivity index (χ3n) is 3.43. The molecule has 0 aromatic carbocycles. The van der Waals surface area contributed by atoms with Gasteiger partial charge in [-0.15, -0.1) is 0 Å². The van der Waals surface area contributed by atoms with Crippen LogP contribution in [-0.4, -0.2) is 29.1 Å². The van der Waals surface area contributed by atoms with Gasteiger partial charge in [0.15, 0.2) is 5.17 Å². The van der Waals surface area contributed by atoms with Crippen molar-refractivity contribution in [2.75, 3.05) is 13.1 Å². The Hall–Kier alpha value is -1.75. The topological polar surface area (TPSA) is 45.8 Å². The van der Waals surface area contributed by atoms with Crippen molar-refractivity contribution in [2.45, 2.75) is 39.5 Å². The molecule has 1 aliphatic heterocycles. The molecular weight excluding hydrogens is 308 g/mol. The molecule has 2 heterocycles. The van der Waals surface area contributed by atoms with Crippen molar-refractivity contribution < 1.29 is 9.21 Å². The minimum absolute atomic E-state index is 0.0581. The largest absolute Gasteiger partial charge is 0.465 e. The second-order valence-electron chi connectivity index (χ2n) is 5.34. The van der Waals surface area contributed by atoms with Crippen LogP contribution < -0.4 is 0 Å². The smallest absolute Gasteiger partial charge is 0.266 e. The van der Waals surface area contributed by atoms with Crippen LogP contribution in [0.4, 0.5) is 0 Å². The average molecular weight is 332 g/mol. The number of amidine groups is 1. The zero-order valence-corrected chi connectivity index (χ0v) is 14.6. The van der Waals surface area contributed by atoms with Crippen LogP contribution in [0.1, 0.15) is 45.3 Å². The molecule has 0 bridgehead atoms. The van der Waals surface area contributed by atoms with Crippen molar-refractivity contribution in [1.82, 2.24) is 4.90 Å². The van der Waals surface area contributed by atoms with Gasteiger partial charge in [-0.1, -0.05) is 32.8 Å². The molecule has 2 rings (SSSR count). The van der Waals surface area contributed by atoms with Crippen molar-refractivity contribution in [2.24, 2.45) is 4.99 Å². The van der Waals surface area contributed by atoms with E-state index in [1.54, 1.807) is 6.26 Å². The number of carbonyl (C=O) groups is 1. The molecule has 1 aliphatic rings. The van der Waals surface area contributed by atoms with E-state index in [2.05, 4.69) is 18.8 Å². The van der Waals surface area contributed by atoms with Crippen LogP contribution in [0.15, 0.2) is 44.9 Å². The van der Waals surface area contributed by atoms with E-state index in [-0.39, 0.29) is 5.91 Å². The van der Waals surface area contributed by atoms with Crippen LogP contribution in [0, 0.1) is 0 Å². The summed E-state index contributed by atoms with van der Waals surface area (Å²) >= 11 is 1.47. The molecule has 0 radical (unpaired) electrons. The summed E-state index contributed by atoms with van der Waals surface area (Å²) in [7, 11) is 0. The summed E-state index contributed by atoms with van der Waals surface area (Å²) in [6.07, 6.45) is 11.4. The normalized spacial score (nSPS) is 18.9. The van der Waals surface area contributed by atoms with Gasteiger partial charge in [-0.2, -0.15) is 0 Å². The fourth-order valence-electron chi connectivity index (χ4n) is 2.10. The molecule has 1 aromatic rings. The first-order valence-corrected chi connectivity index (χ1v) is 9.04. The van der Waals surface area contributed by atoms with Gasteiger partial charge in [0.1, 0.15) is 5.76 Å². The van der Waals surface area contributed by atoms with Crippen LogP contribution >= 0.6 is 11.8 Å². The number of rotatable bonds is 8. The van der Waals surface area contributed by atoms with E-state index in [0.29, 0.717) is 0 Å². The van der Waals surface area contributed by atoms with Crippen LogP contribution in [0.5, 0.6) is 0 Å². The molecule has 0 spiro atoms. The van der Waals surface area contributed by atoms with Gasteiger partial charge < -0.3 is 4.42 Å². The minimum atomic E-state index is 0.0581. The standard InChI is InChI=1S/C18H24N2O2S/c1-3-5-12-19-18-20(13-6-4-2)17(21)16(23-18)11-7-9-15-10-8-14-22-15/h7-11,14H,3-6,12-13H2,1-2H3/b9-7+,16-11+,19-18?. The Bertz CT molecular complexity index is 588. The Morgan fingerprint density at radius 2 is 2.13 bits per heavy atom. The number of aliphatic imine (C=N–C) groups is 1. The van der Waals surface area contributed by atoms with E-state index < -0.39 is 0 Å². The highest BCUT2D eigenvalue weighted by molar-refractivity contribution is 8.18. The summed E-state index contributed by atoms with van der Waals surface area (Å²) in [5.41, 5.74) is 0. The third kappa shape index (κ3) is 5.13. The summed E-state index contributed by atoms with van der Waals surface area (Å²) in [6.45, 7) is 5.80. The molecule has 0 aliphatic carbocycles. The quantitative estimate of drug-likeness (QED) is 0.511. The molecule has 5 heteroatoms. The zero-order chi connectivity index (χ0) is 16.5. The Kier molecular flexibility index (Phi) is 7.20. The lowest BCUT2D eigenvalue weighted by molar-refractivity contribution is -0.122. The lowest BCUT2D eigenvalue weighted by atomic mass is 10.3. The number of nitrogens with zero attached hydrogens (tertiary/aromatic N) is 2. The molecule has 4 nitrogen and oxygen atoms in total. The van der Waals surface area contributed by atoms with Crippen molar-refractivity contribution in [3.63, 3.8) is 0 Å². The van der Waals surface area contributed by atoms with E-state index in [0.717, 1.165) is 54.6 Å². The van der Waals surface area contributed by atoms with Crippen molar-refractivity contribution >= 4 is 28.9 Å². The fraction of sp³-hybridized carbons (Fsp3) is 0.444. The van der Waals surface area contributed by atoms with Gasteiger partial charge in [0.05, 0.1) is 11.2 Å². The molecule has 0 unspecified atom stereocenters. The number of unbranched alkanes of at least 4 members (excludes halogenated alkanes) is 2. The molecule has 1 aromatic heterocycles. The molecule has 0 N–H and O–H groups in total. The monoisotopic (exact) mass is 332 g/mol. The van der Waals surface area contributed by atoms with Gasteiger partial charge in [0.2, 0.25) is 0 Å². The summed E-state index contributed by atoms with van der Waals surface area (Å²) in [5.74, 6) is 0.833. The first-order valence-electron chi connectivity index (χ1n) is 8.22. The van der Waals surface area contributed by atoms with Crippen molar-refractivity contribution in [3.05, 3.63) is 41.2 Å². The first-order chi connectivity index (χ1) is 11.3. The van der Waals surface area contributed by atoms with E-state index in [1.165, 1.54) is 11.8 Å². The van der Waals surface area contributed by atoms with E-state index in [1.807, 2.05) is 35.3 Å². The van der Waals surface area contributed by atoms with Crippen molar-refractivity contribution in [1.29, 1.82) is 0 Å². The molecule has 124 valence electrons. The Balaban J connectivity index is 2.08. The Morgan fingerprint density at radius 3 is 2.83 bits per heavy atom. The predicted molar refractivity (Wildman–Crippen MR) is 97.2 cm³/mol. The maximum Gasteiger partial charge on any atom is 0.266 e. The molecule has 0 atom stereocenters. The molecule has 1 saturated heterocycles. The molecule has 23 heavy (non-hydrogen) atoms.